The summed E-state index contributed by atoms with van der Waals surface area (Å²) < 4.78 is 0. The molecule has 1 aliphatic heterocycles. The SMILES string of the molecule is CC#CCN1CCCC(NC(C)C)C1=O. The first-order valence-electron chi connectivity index (χ1n) is 5.59. The summed E-state index contributed by atoms with van der Waals surface area (Å²) in [7, 11) is 0. The van der Waals surface area contributed by atoms with Crippen molar-refractivity contribution in [2.45, 2.75) is 45.7 Å². The van der Waals surface area contributed by atoms with Gasteiger partial charge in [-0.2, -0.15) is 0 Å². The van der Waals surface area contributed by atoms with Crippen molar-refractivity contribution in [3.05, 3.63) is 0 Å². The van der Waals surface area contributed by atoms with Gasteiger partial charge < -0.3 is 10.2 Å². The van der Waals surface area contributed by atoms with Gasteiger partial charge in [0.2, 0.25) is 5.91 Å². The van der Waals surface area contributed by atoms with Gasteiger partial charge in [0.05, 0.1) is 12.6 Å². The van der Waals surface area contributed by atoms with Crippen molar-refractivity contribution in [3.8, 4) is 11.8 Å². The van der Waals surface area contributed by atoms with Crippen LogP contribution in [0.3, 0.4) is 0 Å². The van der Waals surface area contributed by atoms with E-state index >= 15 is 0 Å². The molecule has 84 valence electrons. The number of piperidine rings is 1. The summed E-state index contributed by atoms with van der Waals surface area (Å²) in [6.07, 6.45) is 2.02. The summed E-state index contributed by atoms with van der Waals surface area (Å²) in [6.45, 7) is 7.36. The second kappa shape index (κ2) is 5.77. The van der Waals surface area contributed by atoms with Gasteiger partial charge in [0.15, 0.2) is 0 Å². The predicted octanol–water partition coefficient (Wildman–Crippen LogP) is 0.999. The molecule has 3 heteroatoms. The van der Waals surface area contributed by atoms with E-state index < -0.39 is 0 Å². The van der Waals surface area contributed by atoms with Crippen molar-refractivity contribution < 1.29 is 4.79 Å². The molecule has 1 fully saturated rings. The molecular weight excluding hydrogens is 188 g/mol. The van der Waals surface area contributed by atoms with Crippen molar-refractivity contribution in [3.63, 3.8) is 0 Å². The summed E-state index contributed by atoms with van der Waals surface area (Å²) in [5.41, 5.74) is 0. The molecular formula is C12H20N2O. The normalized spacial score (nSPS) is 21.5. The van der Waals surface area contributed by atoms with Gasteiger partial charge in [0.25, 0.3) is 0 Å². The Morgan fingerprint density at radius 3 is 2.93 bits per heavy atom. The van der Waals surface area contributed by atoms with E-state index in [0.717, 1.165) is 19.4 Å². The molecule has 1 atom stereocenters. The average Bonchev–Trinajstić information content (AvgIpc) is 2.19. The number of rotatable bonds is 3. The molecule has 0 radical (unpaired) electrons. The zero-order valence-corrected chi connectivity index (χ0v) is 9.84. The van der Waals surface area contributed by atoms with Gasteiger partial charge in [0, 0.05) is 12.6 Å². The summed E-state index contributed by atoms with van der Waals surface area (Å²) in [5.74, 6) is 5.98. The minimum absolute atomic E-state index is 0.00240. The van der Waals surface area contributed by atoms with E-state index in [2.05, 4.69) is 31.0 Å². The minimum atomic E-state index is -0.00240. The molecule has 15 heavy (non-hydrogen) atoms. The standard InChI is InChI=1S/C12H20N2O/c1-4-5-8-14-9-6-7-11(12(14)15)13-10(2)3/h10-11,13H,6-9H2,1-3H3. The van der Waals surface area contributed by atoms with E-state index in [9.17, 15) is 4.79 Å². The van der Waals surface area contributed by atoms with Crippen LogP contribution in [-0.2, 0) is 4.79 Å². The Labute approximate surface area is 92.2 Å². The van der Waals surface area contributed by atoms with E-state index in [4.69, 9.17) is 0 Å². The molecule has 0 aromatic heterocycles. The maximum atomic E-state index is 12.0. The van der Waals surface area contributed by atoms with Crippen molar-refractivity contribution in [2.75, 3.05) is 13.1 Å². The summed E-state index contributed by atoms with van der Waals surface area (Å²) >= 11 is 0. The van der Waals surface area contributed by atoms with E-state index in [0.29, 0.717) is 12.6 Å². The fourth-order valence-corrected chi connectivity index (χ4v) is 1.83. The highest BCUT2D eigenvalue weighted by molar-refractivity contribution is 5.82. The minimum Gasteiger partial charge on any atom is -0.330 e. The van der Waals surface area contributed by atoms with E-state index in [1.165, 1.54) is 0 Å². The van der Waals surface area contributed by atoms with Gasteiger partial charge >= 0.3 is 0 Å². The molecule has 0 saturated carbocycles. The number of likely N-dealkylation sites (tertiary alicyclic amines) is 1. The van der Waals surface area contributed by atoms with Gasteiger partial charge in [-0.15, -0.1) is 5.92 Å². The Bertz CT molecular complexity index is 275. The Morgan fingerprint density at radius 1 is 1.60 bits per heavy atom. The molecule has 1 saturated heterocycles. The van der Waals surface area contributed by atoms with Crippen LogP contribution in [0, 0.1) is 11.8 Å². The smallest absolute Gasteiger partial charge is 0.240 e. The third-order valence-electron chi connectivity index (χ3n) is 2.51. The maximum Gasteiger partial charge on any atom is 0.240 e. The number of nitrogens with zero attached hydrogens (tertiary/aromatic N) is 1. The van der Waals surface area contributed by atoms with Crippen LogP contribution in [0.2, 0.25) is 0 Å². The molecule has 1 amide bonds. The fourth-order valence-electron chi connectivity index (χ4n) is 1.83. The molecule has 0 aromatic rings. The topological polar surface area (TPSA) is 32.3 Å². The highest BCUT2D eigenvalue weighted by Crippen LogP contribution is 2.11. The first kappa shape index (κ1) is 12.1. The van der Waals surface area contributed by atoms with Gasteiger partial charge in [-0.25, -0.2) is 0 Å². The molecule has 0 aromatic carbocycles. The molecule has 0 spiro atoms. The van der Waals surface area contributed by atoms with Crippen LogP contribution in [0.5, 0.6) is 0 Å². The molecule has 1 unspecified atom stereocenters. The quantitative estimate of drug-likeness (QED) is 0.702. The van der Waals surface area contributed by atoms with Crippen LogP contribution >= 0.6 is 0 Å². The number of hydrogen-bond donors (Lipinski definition) is 1. The van der Waals surface area contributed by atoms with Crippen LogP contribution in [-0.4, -0.2) is 36.0 Å². The summed E-state index contributed by atoms with van der Waals surface area (Å²) in [4.78, 5) is 13.8. The lowest BCUT2D eigenvalue weighted by Crippen LogP contribution is -2.52. The maximum absolute atomic E-state index is 12.0. The van der Waals surface area contributed by atoms with Crippen molar-refractivity contribution in [1.82, 2.24) is 10.2 Å². The van der Waals surface area contributed by atoms with E-state index in [1.807, 2.05) is 4.90 Å². The van der Waals surface area contributed by atoms with E-state index in [1.54, 1.807) is 6.92 Å². The van der Waals surface area contributed by atoms with Crippen LogP contribution in [0.15, 0.2) is 0 Å². The second-order valence-corrected chi connectivity index (χ2v) is 4.20. The number of amides is 1. The lowest BCUT2D eigenvalue weighted by Gasteiger charge is -2.32. The molecule has 0 bridgehead atoms. The van der Waals surface area contributed by atoms with Crippen LogP contribution < -0.4 is 5.32 Å². The highest BCUT2D eigenvalue weighted by atomic mass is 16.2. The van der Waals surface area contributed by atoms with Crippen molar-refractivity contribution >= 4 is 5.91 Å². The number of carbonyl (C=O) groups excluding carboxylic acids is 1. The highest BCUT2D eigenvalue weighted by Gasteiger charge is 2.27. The number of hydrogen-bond acceptors (Lipinski definition) is 2. The monoisotopic (exact) mass is 208 g/mol. The van der Waals surface area contributed by atoms with Crippen LogP contribution in [0.1, 0.15) is 33.6 Å². The Balaban J connectivity index is 2.53. The molecule has 3 nitrogen and oxygen atoms in total. The molecule has 1 heterocycles. The lowest BCUT2D eigenvalue weighted by molar-refractivity contribution is -0.135. The van der Waals surface area contributed by atoms with Gasteiger partial charge in [-0.1, -0.05) is 19.8 Å². The van der Waals surface area contributed by atoms with Crippen molar-refractivity contribution in [1.29, 1.82) is 0 Å². The second-order valence-electron chi connectivity index (χ2n) is 4.20. The third kappa shape index (κ3) is 3.56. The van der Waals surface area contributed by atoms with Crippen LogP contribution in [0.4, 0.5) is 0 Å². The summed E-state index contributed by atoms with van der Waals surface area (Å²) in [5, 5.41) is 3.30. The molecule has 1 N–H and O–H groups in total. The first-order valence-corrected chi connectivity index (χ1v) is 5.59. The first-order chi connectivity index (χ1) is 7.15. The zero-order valence-electron chi connectivity index (χ0n) is 9.84. The Hall–Kier alpha value is -1.01. The Morgan fingerprint density at radius 2 is 2.33 bits per heavy atom. The van der Waals surface area contributed by atoms with Crippen molar-refractivity contribution in [2.24, 2.45) is 0 Å². The summed E-state index contributed by atoms with van der Waals surface area (Å²) in [6, 6.07) is 0.355. The fraction of sp³-hybridized carbons (Fsp3) is 0.750. The Kier molecular flexibility index (Phi) is 4.64. The zero-order chi connectivity index (χ0) is 11.3. The third-order valence-corrected chi connectivity index (χ3v) is 2.51. The number of nitrogens with one attached hydrogen (secondary N) is 1. The van der Waals surface area contributed by atoms with Gasteiger partial charge in [-0.05, 0) is 19.8 Å². The van der Waals surface area contributed by atoms with E-state index in [-0.39, 0.29) is 11.9 Å². The lowest BCUT2D eigenvalue weighted by atomic mass is 10.0. The molecule has 1 rings (SSSR count). The van der Waals surface area contributed by atoms with Gasteiger partial charge in [-0.3, -0.25) is 4.79 Å². The largest absolute Gasteiger partial charge is 0.330 e. The van der Waals surface area contributed by atoms with Gasteiger partial charge in [0.1, 0.15) is 0 Å². The number of carbonyl (C=O) groups is 1. The molecule has 0 aliphatic carbocycles. The van der Waals surface area contributed by atoms with Crippen LogP contribution in [0.25, 0.3) is 0 Å². The average molecular weight is 208 g/mol. The molecule has 1 aliphatic rings. The predicted molar refractivity (Wildman–Crippen MR) is 61.3 cm³/mol.